The number of carbonyl (C=O) groups excluding carboxylic acids is 1. The molecule has 0 saturated carbocycles. The van der Waals surface area contributed by atoms with E-state index in [0.717, 1.165) is 24.5 Å². The maximum absolute atomic E-state index is 13.8. The molecule has 188 valence electrons. The van der Waals surface area contributed by atoms with E-state index < -0.39 is 30.0 Å². The number of hydrogen-bond donors (Lipinski definition) is 1. The summed E-state index contributed by atoms with van der Waals surface area (Å²) in [6, 6.07) is 3.15. The van der Waals surface area contributed by atoms with Crippen molar-refractivity contribution < 1.29 is 22.4 Å². The predicted octanol–water partition coefficient (Wildman–Crippen LogP) is 5.62. The van der Waals surface area contributed by atoms with E-state index in [4.69, 9.17) is 0 Å². The molecule has 2 aliphatic heterocycles. The van der Waals surface area contributed by atoms with Gasteiger partial charge in [-0.1, -0.05) is 18.2 Å². The first-order chi connectivity index (χ1) is 16.7. The van der Waals surface area contributed by atoms with Crippen LogP contribution in [0.15, 0.2) is 30.1 Å². The Morgan fingerprint density at radius 1 is 1.09 bits per heavy atom. The third-order valence-electron chi connectivity index (χ3n) is 6.89. The number of likely N-dealkylation sites (tertiary alicyclic amines) is 1. The van der Waals surface area contributed by atoms with Crippen molar-refractivity contribution in [2.24, 2.45) is 5.92 Å². The van der Waals surface area contributed by atoms with Crippen LogP contribution in [0, 0.1) is 5.92 Å². The van der Waals surface area contributed by atoms with Gasteiger partial charge in [0, 0.05) is 44.7 Å². The van der Waals surface area contributed by atoms with E-state index in [-0.39, 0.29) is 11.5 Å². The second-order valence-corrected chi connectivity index (χ2v) is 9.13. The Kier molecular flexibility index (Phi) is 7.28. The highest BCUT2D eigenvalue weighted by Crippen LogP contribution is 2.39. The lowest BCUT2D eigenvalue weighted by atomic mass is 9.86. The van der Waals surface area contributed by atoms with Crippen LogP contribution in [0.3, 0.4) is 0 Å². The van der Waals surface area contributed by atoms with Crippen LogP contribution in [0.2, 0.25) is 0 Å². The van der Waals surface area contributed by atoms with Crippen LogP contribution in [0.5, 0.6) is 0 Å². The largest absolute Gasteiger partial charge is 0.363 e. The first-order valence-corrected chi connectivity index (χ1v) is 11.6. The number of rotatable bonds is 6. The maximum Gasteiger partial charge on any atom is 0.264 e. The topological polar surface area (TPSA) is 61.4 Å². The van der Waals surface area contributed by atoms with Crippen molar-refractivity contribution in [1.82, 2.24) is 14.9 Å². The van der Waals surface area contributed by atoms with Crippen LogP contribution in [0.25, 0.3) is 6.08 Å². The van der Waals surface area contributed by atoms with Crippen molar-refractivity contribution in [3.63, 3.8) is 0 Å². The first kappa shape index (κ1) is 24.9. The molecule has 35 heavy (non-hydrogen) atoms. The number of alkyl halides is 4. The Bertz CT molecular complexity index is 1120. The molecule has 0 bridgehead atoms. The minimum Gasteiger partial charge on any atom is -0.363 e. The van der Waals surface area contributed by atoms with Crippen LogP contribution in [-0.2, 0) is 4.79 Å². The Hall–Kier alpha value is -3.17. The zero-order valence-corrected chi connectivity index (χ0v) is 19.9. The SMILES string of the molecule is CC(=O)N1CCC(C2=Cc3c(N[C@H](C)c4cccc(C(F)F)c4C(F)F)ncnc3N(C)C2)CC1. The van der Waals surface area contributed by atoms with E-state index in [1.165, 1.54) is 24.0 Å². The molecule has 10 heteroatoms. The molecule has 1 amide bonds. The number of hydrogen-bond acceptors (Lipinski definition) is 5. The lowest BCUT2D eigenvalue weighted by molar-refractivity contribution is -0.130. The number of likely N-dealkylation sites (N-methyl/N-ethyl adjacent to an activating group) is 1. The minimum absolute atomic E-state index is 0.0801. The van der Waals surface area contributed by atoms with E-state index in [2.05, 4.69) is 15.3 Å². The quantitative estimate of drug-likeness (QED) is 0.532. The molecular weight excluding hydrogens is 462 g/mol. The van der Waals surface area contributed by atoms with Gasteiger partial charge in [0.15, 0.2) is 0 Å². The van der Waals surface area contributed by atoms with Gasteiger partial charge in [-0.2, -0.15) is 0 Å². The average Bonchev–Trinajstić information content (AvgIpc) is 2.83. The molecule has 1 atom stereocenters. The lowest BCUT2D eigenvalue weighted by Crippen LogP contribution is -2.39. The second-order valence-electron chi connectivity index (χ2n) is 9.13. The molecule has 1 aromatic heterocycles. The van der Waals surface area contributed by atoms with Gasteiger partial charge in [0.05, 0.1) is 11.6 Å². The fourth-order valence-corrected chi connectivity index (χ4v) is 5.03. The van der Waals surface area contributed by atoms with Gasteiger partial charge < -0.3 is 15.1 Å². The molecule has 0 aliphatic carbocycles. The lowest BCUT2D eigenvalue weighted by Gasteiger charge is -2.36. The van der Waals surface area contributed by atoms with Gasteiger partial charge in [-0.25, -0.2) is 27.5 Å². The molecule has 1 N–H and O–H groups in total. The maximum atomic E-state index is 13.8. The molecule has 0 unspecified atom stereocenters. The fourth-order valence-electron chi connectivity index (χ4n) is 5.03. The summed E-state index contributed by atoms with van der Waals surface area (Å²) in [5.74, 6) is 1.54. The molecule has 0 radical (unpaired) electrons. The molecule has 6 nitrogen and oxygen atoms in total. The van der Waals surface area contributed by atoms with E-state index in [9.17, 15) is 22.4 Å². The van der Waals surface area contributed by atoms with Gasteiger partial charge in [-0.05, 0) is 42.9 Å². The van der Waals surface area contributed by atoms with Crippen LogP contribution in [0.4, 0.5) is 29.2 Å². The monoisotopic (exact) mass is 491 g/mol. The van der Waals surface area contributed by atoms with Crippen LogP contribution >= 0.6 is 0 Å². The van der Waals surface area contributed by atoms with E-state index in [1.54, 1.807) is 13.8 Å². The summed E-state index contributed by atoms with van der Waals surface area (Å²) in [6.07, 6.45) is -0.858. The molecule has 1 aromatic carbocycles. The number of benzene rings is 1. The smallest absolute Gasteiger partial charge is 0.264 e. The highest BCUT2D eigenvalue weighted by Gasteiger charge is 2.29. The summed E-state index contributed by atoms with van der Waals surface area (Å²) in [5, 5.41) is 3.16. The Morgan fingerprint density at radius 3 is 2.40 bits per heavy atom. The third kappa shape index (κ3) is 5.11. The first-order valence-electron chi connectivity index (χ1n) is 11.6. The third-order valence-corrected chi connectivity index (χ3v) is 6.89. The van der Waals surface area contributed by atoms with Crippen molar-refractivity contribution in [2.45, 2.75) is 45.6 Å². The normalized spacial score (nSPS) is 17.5. The fraction of sp³-hybridized carbons (Fsp3) is 0.480. The van der Waals surface area contributed by atoms with Crippen LogP contribution in [-0.4, -0.2) is 47.5 Å². The molecule has 1 fully saturated rings. The number of amides is 1. The van der Waals surface area contributed by atoms with Gasteiger partial charge in [-0.3, -0.25) is 4.79 Å². The number of anilines is 2. The Morgan fingerprint density at radius 2 is 1.77 bits per heavy atom. The van der Waals surface area contributed by atoms with Gasteiger partial charge in [0.1, 0.15) is 18.0 Å². The van der Waals surface area contributed by atoms with Crippen molar-refractivity contribution >= 4 is 23.6 Å². The minimum atomic E-state index is -3.03. The predicted molar refractivity (Wildman–Crippen MR) is 127 cm³/mol. The van der Waals surface area contributed by atoms with Crippen LogP contribution in [0.1, 0.15) is 67.8 Å². The summed E-state index contributed by atoms with van der Waals surface area (Å²) in [7, 11) is 1.93. The molecule has 3 heterocycles. The summed E-state index contributed by atoms with van der Waals surface area (Å²) in [4.78, 5) is 24.3. The number of nitrogens with one attached hydrogen (secondary N) is 1. The molecule has 2 aromatic rings. The van der Waals surface area contributed by atoms with E-state index >= 15 is 0 Å². The highest BCUT2D eigenvalue weighted by molar-refractivity contribution is 5.78. The summed E-state index contributed by atoms with van der Waals surface area (Å²) in [6.45, 7) is 5.34. The van der Waals surface area contributed by atoms with E-state index in [0.29, 0.717) is 37.2 Å². The van der Waals surface area contributed by atoms with Crippen molar-refractivity contribution in [3.8, 4) is 0 Å². The zero-order valence-electron chi connectivity index (χ0n) is 19.9. The van der Waals surface area contributed by atoms with Gasteiger partial charge in [0.25, 0.3) is 12.9 Å². The Labute approximate surface area is 202 Å². The van der Waals surface area contributed by atoms with Gasteiger partial charge >= 0.3 is 0 Å². The standard InChI is InChI=1S/C25H29F4N5O/c1-14(18-5-4-6-19(22(26)27)21(18)23(28)29)32-24-20-11-17(12-33(3)25(20)31-13-30-24)16-7-9-34(10-8-16)15(2)35/h4-6,11,13-14,16,22-23H,7-10,12H2,1-3H3,(H,30,31,32)/t14-/m1/s1. The number of piperidine rings is 1. The molecule has 4 rings (SSSR count). The van der Waals surface area contributed by atoms with Gasteiger partial charge in [-0.15, -0.1) is 0 Å². The number of halogens is 4. The van der Waals surface area contributed by atoms with Crippen molar-refractivity contribution in [1.29, 1.82) is 0 Å². The van der Waals surface area contributed by atoms with E-state index in [1.807, 2.05) is 22.9 Å². The molecule has 1 saturated heterocycles. The van der Waals surface area contributed by atoms with Gasteiger partial charge in [0.2, 0.25) is 5.91 Å². The van der Waals surface area contributed by atoms with Crippen molar-refractivity contribution in [2.75, 3.05) is 36.9 Å². The summed E-state index contributed by atoms with van der Waals surface area (Å²) < 4.78 is 54.4. The average molecular weight is 492 g/mol. The Balaban J connectivity index is 1.63. The molecule has 0 spiro atoms. The molecule has 2 aliphatic rings. The zero-order chi connectivity index (χ0) is 25.3. The summed E-state index contributed by atoms with van der Waals surface area (Å²) in [5.41, 5.74) is 0.739. The number of fused-ring (bicyclic) bond motifs is 1. The van der Waals surface area contributed by atoms with Crippen molar-refractivity contribution in [3.05, 3.63) is 52.4 Å². The molecular formula is C25H29F4N5O. The summed E-state index contributed by atoms with van der Waals surface area (Å²) >= 11 is 0. The highest BCUT2D eigenvalue weighted by atomic mass is 19.3. The number of aromatic nitrogens is 2. The number of nitrogens with zero attached hydrogens (tertiary/aromatic N) is 4. The van der Waals surface area contributed by atoms with Crippen LogP contribution < -0.4 is 10.2 Å². The second kappa shape index (κ2) is 10.2. The number of carbonyl (C=O) groups is 1.